The molecule has 0 bridgehead atoms. The van der Waals surface area contributed by atoms with E-state index in [1.165, 1.54) is 31.2 Å². The Morgan fingerprint density at radius 2 is 2.00 bits per heavy atom. The van der Waals surface area contributed by atoms with Crippen molar-refractivity contribution in [2.24, 2.45) is 5.92 Å². The summed E-state index contributed by atoms with van der Waals surface area (Å²) in [7, 11) is 0. The molecule has 2 unspecified atom stereocenters. The van der Waals surface area contributed by atoms with E-state index >= 15 is 0 Å². The van der Waals surface area contributed by atoms with Crippen LogP contribution in [0.2, 0.25) is 0 Å². The lowest BCUT2D eigenvalue weighted by Gasteiger charge is -2.19. The average Bonchev–Trinajstić information content (AvgIpc) is 2.25. The molecule has 1 rings (SSSR count). The summed E-state index contributed by atoms with van der Waals surface area (Å²) in [6.45, 7) is 3.14. The summed E-state index contributed by atoms with van der Waals surface area (Å²) in [6, 6.07) is 4.83. The van der Waals surface area contributed by atoms with Gasteiger partial charge in [-0.3, -0.25) is 4.79 Å². The fourth-order valence-corrected chi connectivity index (χ4v) is 1.38. The Kier molecular flexibility index (Phi) is 4.63. The van der Waals surface area contributed by atoms with E-state index in [-0.39, 0.29) is 5.75 Å². The average molecular weight is 277 g/mol. The first-order valence-corrected chi connectivity index (χ1v) is 5.54. The first-order chi connectivity index (χ1) is 8.69. The van der Waals surface area contributed by atoms with Crippen molar-refractivity contribution in [2.45, 2.75) is 26.3 Å². The molecule has 1 aromatic carbocycles. The maximum Gasteiger partial charge on any atom is 0.573 e. The van der Waals surface area contributed by atoms with Gasteiger partial charge < -0.3 is 15.2 Å². The Morgan fingerprint density at radius 1 is 1.37 bits per heavy atom. The van der Waals surface area contributed by atoms with E-state index in [1.54, 1.807) is 6.92 Å². The third-order valence-electron chi connectivity index (χ3n) is 2.60. The molecule has 0 aromatic heterocycles. The minimum Gasteiger partial charge on any atom is -0.481 e. The van der Waals surface area contributed by atoms with Crippen molar-refractivity contribution in [1.29, 1.82) is 0 Å². The zero-order valence-electron chi connectivity index (χ0n) is 10.4. The Morgan fingerprint density at radius 3 is 2.53 bits per heavy atom. The van der Waals surface area contributed by atoms with Gasteiger partial charge in [-0.25, -0.2) is 0 Å². The van der Waals surface area contributed by atoms with E-state index in [9.17, 15) is 18.0 Å². The molecule has 0 fully saturated rings. The summed E-state index contributed by atoms with van der Waals surface area (Å²) >= 11 is 0. The second-order valence-electron chi connectivity index (χ2n) is 4.14. The van der Waals surface area contributed by atoms with Gasteiger partial charge in [0.2, 0.25) is 0 Å². The molecule has 1 aromatic rings. The van der Waals surface area contributed by atoms with Gasteiger partial charge in [0.05, 0.1) is 5.92 Å². The third-order valence-corrected chi connectivity index (χ3v) is 2.60. The predicted molar refractivity (Wildman–Crippen MR) is 63.0 cm³/mol. The number of aliphatic carboxylic acids is 1. The van der Waals surface area contributed by atoms with Crippen LogP contribution in [0.3, 0.4) is 0 Å². The maximum absolute atomic E-state index is 12.0. The summed E-state index contributed by atoms with van der Waals surface area (Å²) in [5, 5.41) is 11.6. The van der Waals surface area contributed by atoms with Crippen LogP contribution < -0.4 is 10.1 Å². The molecule has 0 radical (unpaired) electrons. The van der Waals surface area contributed by atoms with E-state index in [0.717, 1.165) is 0 Å². The van der Waals surface area contributed by atoms with E-state index in [4.69, 9.17) is 5.11 Å². The van der Waals surface area contributed by atoms with E-state index in [0.29, 0.717) is 5.69 Å². The van der Waals surface area contributed by atoms with Crippen LogP contribution in [0.15, 0.2) is 24.3 Å². The summed E-state index contributed by atoms with van der Waals surface area (Å²) in [5.41, 5.74) is 0.363. The quantitative estimate of drug-likeness (QED) is 0.868. The Bertz CT molecular complexity index is 448. The fourth-order valence-electron chi connectivity index (χ4n) is 1.38. The van der Waals surface area contributed by atoms with Crippen LogP contribution >= 0.6 is 0 Å². The van der Waals surface area contributed by atoms with Crippen molar-refractivity contribution in [3.05, 3.63) is 24.3 Å². The minimum atomic E-state index is -4.75. The number of anilines is 1. The van der Waals surface area contributed by atoms with Gasteiger partial charge in [0.15, 0.2) is 0 Å². The van der Waals surface area contributed by atoms with Crippen LogP contribution in [-0.4, -0.2) is 23.5 Å². The Labute approximate surface area is 108 Å². The van der Waals surface area contributed by atoms with Crippen molar-refractivity contribution in [1.82, 2.24) is 0 Å². The van der Waals surface area contributed by atoms with Crippen LogP contribution in [0.1, 0.15) is 13.8 Å². The van der Waals surface area contributed by atoms with Crippen LogP contribution in [0.25, 0.3) is 0 Å². The van der Waals surface area contributed by atoms with Crippen molar-refractivity contribution >= 4 is 11.7 Å². The molecule has 106 valence electrons. The molecule has 7 heteroatoms. The number of carboxylic acids is 1. The summed E-state index contributed by atoms with van der Waals surface area (Å²) in [4.78, 5) is 10.8. The Hall–Kier alpha value is -1.92. The molecule has 4 nitrogen and oxygen atoms in total. The topological polar surface area (TPSA) is 58.6 Å². The van der Waals surface area contributed by atoms with E-state index in [2.05, 4.69) is 10.1 Å². The van der Waals surface area contributed by atoms with Crippen molar-refractivity contribution < 1.29 is 27.8 Å². The molecule has 0 aliphatic carbocycles. The summed E-state index contributed by atoms with van der Waals surface area (Å²) in [5.74, 6) is -2.01. The first-order valence-electron chi connectivity index (χ1n) is 5.54. The highest BCUT2D eigenvalue weighted by Crippen LogP contribution is 2.25. The van der Waals surface area contributed by atoms with Crippen molar-refractivity contribution in [3.8, 4) is 5.75 Å². The van der Waals surface area contributed by atoms with Gasteiger partial charge in [-0.15, -0.1) is 13.2 Å². The van der Waals surface area contributed by atoms with Gasteiger partial charge in [0.1, 0.15) is 5.75 Å². The molecule has 0 amide bonds. The van der Waals surface area contributed by atoms with Crippen LogP contribution in [0.4, 0.5) is 18.9 Å². The highest BCUT2D eigenvalue weighted by molar-refractivity contribution is 5.71. The second kappa shape index (κ2) is 5.81. The van der Waals surface area contributed by atoms with E-state index in [1.807, 2.05) is 0 Å². The molecule has 0 aliphatic heterocycles. The van der Waals surface area contributed by atoms with Crippen LogP contribution in [0, 0.1) is 5.92 Å². The van der Waals surface area contributed by atoms with Gasteiger partial charge in [-0.1, -0.05) is 6.07 Å². The summed E-state index contributed by atoms with van der Waals surface area (Å²) < 4.78 is 39.9. The molecule has 0 aliphatic rings. The van der Waals surface area contributed by atoms with Crippen LogP contribution in [0.5, 0.6) is 5.75 Å². The lowest BCUT2D eigenvalue weighted by molar-refractivity contribution is -0.274. The van der Waals surface area contributed by atoms with E-state index < -0.39 is 24.3 Å². The number of halogens is 3. The third kappa shape index (κ3) is 5.07. The maximum atomic E-state index is 12.0. The van der Waals surface area contributed by atoms with Gasteiger partial charge in [-0.2, -0.15) is 0 Å². The lowest BCUT2D eigenvalue weighted by atomic mass is 10.0. The van der Waals surface area contributed by atoms with Gasteiger partial charge >= 0.3 is 12.3 Å². The van der Waals surface area contributed by atoms with Crippen molar-refractivity contribution in [3.63, 3.8) is 0 Å². The molecule has 19 heavy (non-hydrogen) atoms. The smallest absolute Gasteiger partial charge is 0.481 e. The predicted octanol–water partition coefficient (Wildman–Crippen LogP) is 3.11. The number of carboxylic acid groups (broad SMARTS) is 1. The lowest BCUT2D eigenvalue weighted by Crippen LogP contribution is -2.29. The first kappa shape index (κ1) is 15.1. The zero-order chi connectivity index (χ0) is 14.6. The Balaban J connectivity index is 2.75. The highest BCUT2D eigenvalue weighted by atomic mass is 19.4. The fraction of sp³-hybridized carbons (Fsp3) is 0.417. The number of rotatable bonds is 5. The number of hydrogen-bond acceptors (Lipinski definition) is 3. The second-order valence-corrected chi connectivity index (χ2v) is 4.14. The standard InChI is InChI=1S/C12H14F3NO3/c1-7(11(17)18)8(2)16-9-4-3-5-10(6-9)19-12(13,14)15/h3-8,16H,1-2H3,(H,17,18). The normalized spacial score (nSPS) is 14.6. The number of benzene rings is 1. The molecular formula is C12H14F3NO3. The number of hydrogen-bond donors (Lipinski definition) is 2. The van der Waals surface area contributed by atoms with Gasteiger partial charge in [-0.05, 0) is 26.0 Å². The zero-order valence-corrected chi connectivity index (χ0v) is 10.4. The molecule has 2 N–H and O–H groups in total. The molecule has 0 spiro atoms. The molecule has 0 saturated carbocycles. The minimum absolute atomic E-state index is 0.354. The van der Waals surface area contributed by atoms with Gasteiger partial charge in [0.25, 0.3) is 0 Å². The summed E-state index contributed by atoms with van der Waals surface area (Å²) in [6.07, 6.45) is -4.75. The monoisotopic (exact) mass is 277 g/mol. The number of alkyl halides is 3. The molecule has 0 heterocycles. The van der Waals surface area contributed by atoms with Crippen molar-refractivity contribution in [2.75, 3.05) is 5.32 Å². The number of carbonyl (C=O) groups is 1. The van der Waals surface area contributed by atoms with Gasteiger partial charge in [0, 0.05) is 17.8 Å². The molecular weight excluding hydrogens is 263 g/mol. The number of nitrogens with one attached hydrogen (secondary N) is 1. The highest BCUT2D eigenvalue weighted by Gasteiger charge is 2.31. The largest absolute Gasteiger partial charge is 0.573 e. The SMILES string of the molecule is CC(Nc1cccc(OC(F)(F)F)c1)C(C)C(=O)O. The number of ether oxygens (including phenoxy) is 1. The van der Waals surface area contributed by atoms with Crippen LogP contribution in [-0.2, 0) is 4.79 Å². The molecule has 0 saturated heterocycles. The molecule has 2 atom stereocenters.